The Morgan fingerprint density at radius 2 is 2.03 bits per heavy atom. The normalized spacial score (nSPS) is 19.9. The number of esters is 1. The van der Waals surface area contributed by atoms with Gasteiger partial charge in [-0.2, -0.15) is 13.7 Å². The average molecular weight is 456 g/mol. The van der Waals surface area contributed by atoms with Gasteiger partial charge in [-0.25, -0.2) is 0 Å². The first-order chi connectivity index (χ1) is 14.2. The lowest BCUT2D eigenvalue weighted by atomic mass is 10.1. The van der Waals surface area contributed by atoms with Crippen LogP contribution in [0.1, 0.15) is 26.7 Å². The summed E-state index contributed by atoms with van der Waals surface area (Å²) in [5.74, 6) is -1.51. The van der Waals surface area contributed by atoms with Crippen LogP contribution >= 0.6 is 11.8 Å². The third kappa shape index (κ3) is 6.10. The van der Waals surface area contributed by atoms with Crippen LogP contribution in [0.2, 0.25) is 0 Å². The zero-order chi connectivity index (χ0) is 22.3. The lowest BCUT2D eigenvalue weighted by Crippen LogP contribution is -2.36. The highest BCUT2D eigenvalue weighted by Crippen LogP contribution is 2.37. The summed E-state index contributed by atoms with van der Waals surface area (Å²) in [7, 11) is -4.23. The molecule has 9 nitrogen and oxygen atoms in total. The van der Waals surface area contributed by atoms with Crippen LogP contribution in [0.4, 0.5) is 5.69 Å². The minimum Gasteiger partial charge on any atom is -0.465 e. The fourth-order valence-corrected chi connectivity index (χ4v) is 5.19. The Hall–Kier alpha value is -2.29. The summed E-state index contributed by atoms with van der Waals surface area (Å²) < 4.78 is 36.1. The first-order valence-electron chi connectivity index (χ1n) is 9.54. The molecule has 0 spiro atoms. The van der Waals surface area contributed by atoms with E-state index in [1.54, 1.807) is 11.8 Å². The lowest BCUT2D eigenvalue weighted by molar-refractivity contribution is -0.146. The van der Waals surface area contributed by atoms with Crippen molar-refractivity contribution >= 4 is 39.4 Å². The highest BCUT2D eigenvalue weighted by atomic mass is 32.2. The van der Waals surface area contributed by atoms with Crippen molar-refractivity contribution in [1.29, 1.82) is 5.26 Å². The van der Waals surface area contributed by atoms with E-state index in [0.717, 1.165) is 0 Å². The van der Waals surface area contributed by atoms with Gasteiger partial charge in [0.1, 0.15) is 5.92 Å². The third-order valence-corrected chi connectivity index (χ3v) is 7.02. The van der Waals surface area contributed by atoms with Gasteiger partial charge in [0.15, 0.2) is 0 Å². The largest absolute Gasteiger partial charge is 0.465 e. The van der Waals surface area contributed by atoms with Crippen molar-refractivity contribution in [2.45, 2.75) is 42.2 Å². The van der Waals surface area contributed by atoms with Crippen molar-refractivity contribution in [2.24, 2.45) is 5.92 Å². The molecule has 1 heterocycles. The van der Waals surface area contributed by atoms with Crippen LogP contribution in [0.5, 0.6) is 0 Å². The molecule has 0 radical (unpaired) electrons. The zero-order valence-electron chi connectivity index (χ0n) is 16.8. The van der Waals surface area contributed by atoms with Gasteiger partial charge in [0.2, 0.25) is 5.91 Å². The Bertz CT molecular complexity index is 898. The number of benzene rings is 1. The van der Waals surface area contributed by atoms with E-state index in [0.29, 0.717) is 25.2 Å². The van der Waals surface area contributed by atoms with Crippen molar-refractivity contribution in [3.63, 3.8) is 0 Å². The third-order valence-electron chi connectivity index (χ3n) is 4.62. The molecule has 3 unspecified atom stereocenters. The second kappa shape index (κ2) is 10.7. The molecule has 2 N–H and O–H groups in total. The highest BCUT2D eigenvalue weighted by molar-refractivity contribution is 8.01. The maximum absolute atomic E-state index is 12.7. The van der Waals surface area contributed by atoms with E-state index in [4.69, 9.17) is 9.29 Å². The van der Waals surface area contributed by atoms with Crippen molar-refractivity contribution < 1.29 is 27.3 Å². The van der Waals surface area contributed by atoms with Crippen LogP contribution in [0.3, 0.4) is 0 Å². The van der Waals surface area contributed by atoms with Crippen LogP contribution in [0.15, 0.2) is 29.2 Å². The fraction of sp³-hybridized carbons (Fsp3) is 0.526. The molecule has 0 aromatic heterocycles. The van der Waals surface area contributed by atoms with Gasteiger partial charge in [-0.15, -0.1) is 11.8 Å². The molecular formula is C19H25N3O6S2. The predicted molar refractivity (Wildman–Crippen MR) is 112 cm³/mol. The molecule has 0 aliphatic carbocycles. The van der Waals surface area contributed by atoms with Gasteiger partial charge >= 0.3 is 5.97 Å². The van der Waals surface area contributed by atoms with Gasteiger partial charge in [-0.3, -0.25) is 14.1 Å². The SMILES string of the molecule is CCOC(=O)C(C#N)CC1SC(CCNc2ccc(S(=O)(=O)O)cc2)C(=O)N1CC. The van der Waals surface area contributed by atoms with E-state index >= 15 is 0 Å². The van der Waals surface area contributed by atoms with Crippen molar-refractivity contribution in [2.75, 3.05) is 25.0 Å². The number of hydrogen-bond donors (Lipinski definition) is 2. The number of rotatable bonds is 10. The van der Waals surface area contributed by atoms with Gasteiger partial charge < -0.3 is 15.0 Å². The van der Waals surface area contributed by atoms with Crippen molar-refractivity contribution in [3.05, 3.63) is 24.3 Å². The smallest absolute Gasteiger partial charge is 0.323 e. The summed E-state index contributed by atoms with van der Waals surface area (Å²) >= 11 is 1.44. The maximum atomic E-state index is 12.7. The van der Waals surface area contributed by atoms with Crippen LogP contribution in [-0.2, 0) is 24.4 Å². The van der Waals surface area contributed by atoms with Crippen molar-refractivity contribution in [3.8, 4) is 6.07 Å². The van der Waals surface area contributed by atoms with E-state index in [1.807, 2.05) is 13.0 Å². The number of carbonyl (C=O) groups excluding carboxylic acids is 2. The molecule has 0 bridgehead atoms. The van der Waals surface area contributed by atoms with Crippen molar-refractivity contribution in [1.82, 2.24) is 4.90 Å². The van der Waals surface area contributed by atoms with Crippen LogP contribution in [-0.4, -0.2) is 60.1 Å². The molecule has 1 aliphatic heterocycles. The van der Waals surface area contributed by atoms with E-state index in [9.17, 15) is 23.3 Å². The Morgan fingerprint density at radius 1 is 1.37 bits per heavy atom. The average Bonchev–Trinajstić information content (AvgIpc) is 3.00. The number of nitrogens with one attached hydrogen (secondary N) is 1. The number of hydrogen-bond acceptors (Lipinski definition) is 8. The van der Waals surface area contributed by atoms with Crippen LogP contribution in [0, 0.1) is 17.2 Å². The molecule has 30 heavy (non-hydrogen) atoms. The number of nitriles is 1. The minimum absolute atomic E-state index is 0.0310. The minimum atomic E-state index is -4.23. The molecule has 11 heteroatoms. The fourth-order valence-electron chi connectivity index (χ4n) is 3.12. The van der Waals surface area contributed by atoms with Gasteiger partial charge in [0, 0.05) is 25.2 Å². The quantitative estimate of drug-likeness (QED) is 0.401. The van der Waals surface area contributed by atoms with Gasteiger partial charge in [0.25, 0.3) is 10.1 Å². The second-order valence-corrected chi connectivity index (χ2v) is 9.39. The lowest BCUT2D eigenvalue weighted by Gasteiger charge is -2.23. The molecule has 0 saturated carbocycles. The van der Waals surface area contributed by atoms with E-state index in [-0.39, 0.29) is 34.5 Å². The second-order valence-electron chi connectivity index (χ2n) is 6.59. The molecular weight excluding hydrogens is 430 g/mol. The summed E-state index contributed by atoms with van der Waals surface area (Å²) in [5, 5.41) is 11.8. The van der Waals surface area contributed by atoms with E-state index in [1.165, 1.54) is 36.0 Å². The summed E-state index contributed by atoms with van der Waals surface area (Å²) in [6.07, 6.45) is 0.744. The highest BCUT2D eigenvalue weighted by Gasteiger charge is 2.41. The number of anilines is 1. The molecule has 1 aliphatic rings. The summed E-state index contributed by atoms with van der Waals surface area (Å²) in [6.45, 7) is 4.69. The number of thioether (sulfide) groups is 1. The Balaban J connectivity index is 1.93. The predicted octanol–water partition coefficient (Wildman–Crippen LogP) is 2.12. The number of amides is 1. The van der Waals surface area contributed by atoms with Gasteiger partial charge in [-0.05, 0) is 44.5 Å². The molecule has 1 aromatic carbocycles. The first-order valence-corrected chi connectivity index (χ1v) is 11.9. The van der Waals surface area contributed by atoms with Crippen LogP contribution in [0.25, 0.3) is 0 Å². The van der Waals surface area contributed by atoms with E-state index < -0.39 is 22.0 Å². The number of ether oxygens (including phenoxy) is 1. The monoisotopic (exact) mass is 455 g/mol. The molecule has 1 saturated heterocycles. The zero-order valence-corrected chi connectivity index (χ0v) is 18.4. The number of carbonyl (C=O) groups is 2. The summed E-state index contributed by atoms with van der Waals surface area (Å²) in [5.41, 5.74) is 0.661. The maximum Gasteiger partial charge on any atom is 0.323 e. The summed E-state index contributed by atoms with van der Waals surface area (Å²) in [6, 6.07) is 7.62. The Labute approximate surface area is 180 Å². The molecule has 1 amide bonds. The molecule has 3 atom stereocenters. The number of nitrogens with zero attached hydrogens (tertiary/aromatic N) is 2. The molecule has 2 rings (SSSR count). The summed E-state index contributed by atoms with van der Waals surface area (Å²) in [4.78, 5) is 26.1. The topological polar surface area (TPSA) is 137 Å². The molecule has 1 fully saturated rings. The Kier molecular flexibility index (Phi) is 8.52. The first kappa shape index (κ1) is 24.0. The van der Waals surface area contributed by atoms with Crippen LogP contribution < -0.4 is 5.32 Å². The Morgan fingerprint density at radius 3 is 2.57 bits per heavy atom. The molecule has 164 valence electrons. The van der Waals surface area contributed by atoms with E-state index in [2.05, 4.69) is 5.32 Å². The van der Waals surface area contributed by atoms with Gasteiger partial charge in [-0.1, -0.05) is 0 Å². The molecule has 1 aromatic rings. The standard InChI is InChI=1S/C19H25N3O6S2/c1-3-22-17(11-13(12-20)19(24)28-4-2)29-16(18(22)23)9-10-21-14-5-7-15(8-6-14)30(25,26)27/h5-8,13,16-17,21H,3-4,9-11H2,1-2H3,(H,25,26,27). The van der Waals surface area contributed by atoms with Gasteiger partial charge in [0.05, 0.1) is 28.2 Å².